The maximum atomic E-state index is 11.7. The second kappa shape index (κ2) is 4.58. The van der Waals surface area contributed by atoms with Crippen molar-refractivity contribution in [1.82, 2.24) is 9.21 Å². The lowest BCUT2D eigenvalue weighted by molar-refractivity contribution is 0.205. The number of imide groups is 1. The lowest BCUT2D eigenvalue weighted by Crippen LogP contribution is -2.40. The molecule has 0 radical (unpaired) electrons. The van der Waals surface area contributed by atoms with Gasteiger partial charge in [0.05, 0.1) is 18.3 Å². The smallest absolute Gasteiger partial charge is 0.255 e. The zero-order valence-electron chi connectivity index (χ0n) is 9.01. The van der Waals surface area contributed by atoms with Gasteiger partial charge in [-0.15, -0.1) is 0 Å². The standard InChI is InChI=1S/C8H13ClN2O4S/c1-3-4-16(14,15)11-6(2)5-10(7(9)12)8(11)13/h6H,3-5H2,1-2H3. The molecule has 8 heteroatoms. The Morgan fingerprint density at radius 1 is 1.56 bits per heavy atom. The fraction of sp³-hybridized carbons (Fsp3) is 0.750. The van der Waals surface area contributed by atoms with Crippen LogP contribution in [0.15, 0.2) is 0 Å². The lowest BCUT2D eigenvalue weighted by Gasteiger charge is -2.19. The minimum Gasteiger partial charge on any atom is -0.255 e. The van der Waals surface area contributed by atoms with Crippen molar-refractivity contribution in [1.29, 1.82) is 0 Å². The van der Waals surface area contributed by atoms with Crippen LogP contribution in [0, 0.1) is 0 Å². The predicted octanol–water partition coefficient (Wildman–Crippen LogP) is 1.21. The van der Waals surface area contributed by atoms with Crippen LogP contribution in [-0.2, 0) is 10.0 Å². The van der Waals surface area contributed by atoms with Gasteiger partial charge in [0.25, 0.3) is 0 Å². The van der Waals surface area contributed by atoms with Crippen LogP contribution in [-0.4, -0.2) is 47.4 Å². The number of urea groups is 1. The monoisotopic (exact) mass is 268 g/mol. The summed E-state index contributed by atoms with van der Waals surface area (Å²) in [5, 5.41) is -0.953. The molecule has 16 heavy (non-hydrogen) atoms. The van der Waals surface area contributed by atoms with E-state index in [1.165, 1.54) is 0 Å². The number of amides is 3. The molecule has 1 rings (SSSR count). The maximum absolute atomic E-state index is 11.7. The Kier molecular flexibility index (Phi) is 3.80. The number of carbonyl (C=O) groups is 2. The molecule has 92 valence electrons. The van der Waals surface area contributed by atoms with E-state index in [1.807, 2.05) is 0 Å². The molecule has 6 nitrogen and oxygen atoms in total. The number of halogens is 1. The summed E-state index contributed by atoms with van der Waals surface area (Å²) >= 11 is 5.18. The van der Waals surface area contributed by atoms with Crippen molar-refractivity contribution in [3.05, 3.63) is 0 Å². The number of nitrogens with zero attached hydrogens (tertiary/aromatic N) is 2. The molecular formula is C8H13ClN2O4S. The molecule has 0 bridgehead atoms. The van der Waals surface area contributed by atoms with Crippen LogP contribution in [0.1, 0.15) is 20.3 Å². The second-order valence-corrected chi connectivity index (χ2v) is 5.90. The van der Waals surface area contributed by atoms with Gasteiger partial charge in [-0.05, 0) is 24.9 Å². The first-order valence-electron chi connectivity index (χ1n) is 4.84. The summed E-state index contributed by atoms with van der Waals surface area (Å²) in [5.74, 6) is -0.118. The summed E-state index contributed by atoms with van der Waals surface area (Å²) in [6.45, 7) is 3.27. The molecule has 1 fully saturated rings. The first kappa shape index (κ1) is 13.2. The van der Waals surface area contributed by atoms with Crippen molar-refractivity contribution in [3.8, 4) is 0 Å². The summed E-state index contributed by atoms with van der Waals surface area (Å²) in [6, 6.07) is -1.42. The minimum atomic E-state index is -3.64. The molecule has 0 N–H and O–H groups in total. The maximum Gasteiger partial charge on any atom is 0.341 e. The van der Waals surface area contributed by atoms with Crippen molar-refractivity contribution in [2.45, 2.75) is 26.3 Å². The van der Waals surface area contributed by atoms with Crippen LogP contribution in [0.2, 0.25) is 0 Å². The lowest BCUT2D eigenvalue weighted by atomic mass is 10.4. The van der Waals surface area contributed by atoms with Gasteiger partial charge in [0, 0.05) is 0 Å². The molecule has 0 aliphatic carbocycles. The van der Waals surface area contributed by atoms with Crippen LogP contribution in [0.3, 0.4) is 0 Å². The minimum absolute atomic E-state index is 0.00408. The third kappa shape index (κ3) is 2.30. The zero-order chi connectivity index (χ0) is 12.5. The van der Waals surface area contributed by atoms with Gasteiger partial charge < -0.3 is 0 Å². The molecule has 1 atom stereocenters. The first-order chi connectivity index (χ1) is 7.31. The highest BCUT2D eigenvalue weighted by Crippen LogP contribution is 2.21. The fourth-order valence-electron chi connectivity index (χ4n) is 1.62. The molecule has 0 saturated carbocycles. The number of hydrogen-bond acceptors (Lipinski definition) is 4. The van der Waals surface area contributed by atoms with Gasteiger partial charge in [0.15, 0.2) is 0 Å². The van der Waals surface area contributed by atoms with E-state index in [2.05, 4.69) is 0 Å². The summed E-state index contributed by atoms with van der Waals surface area (Å²) in [6.07, 6.45) is 0.410. The van der Waals surface area contributed by atoms with Gasteiger partial charge >= 0.3 is 11.4 Å². The van der Waals surface area contributed by atoms with Gasteiger partial charge in [-0.1, -0.05) is 6.92 Å². The van der Waals surface area contributed by atoms with Crippen molar-refractivity contribution in [2.24, 2.45) is 0 Å². The Morgan fingerprint density at radius 3 is 2.50 bits per heavy atom. The van der Waals surface area contributed by atoms with Crippen LogP contribution in [0.5, 0.6) is 0 Å². The highest BCUT2D eigenvalue weighted by Gasteiger charge is 2.43. The van der Waals surface area contributed by atoms with E-state index in [-0.39, 0.29) is 12.3 Å². The zero-order valence-corrected chi connectivity index (χ0v) is 10.6. The molecule has 0 aromatic rings. The molecule has 3 amide bonds. The van der Waals surface area contributed by atoms with E-state index in [1.54, 1.807) is 13.8 Å². The molecule has 1 aliphatic heterocycles. The van der Waals surface area contributed by atoms with E-state index < -0.39 is 27.5 Å². The summed E-state index contributed by atoms with van der Waals surface area (Å²) < 4.78 is 24.2. The highest BCUT2D eigenvalue weighted by molar-refractivity contribution is 7.89. The number of rotatable bonds is 3. The van der Waals surface area contributed by atoms with Crippen LogP contribution >= 0.6 is 11.6 Å². The Labute approximate surface area is 99.2 Å². The van der Waals surface area contributed by atoms with Crippen molar-refractivity contribution >= 4 is 33.0 Å². The highest BCUT2D eigenvalue weighted by atomic mass is 35.5. The van der Waals surface area contributed by atoms with Crippen LogP contribution < -0.4 is 0 Å². The van der Waals surface area contributed by atoms with Crippen molar-refractivity contribution < 1.29 is 18.0 Å². The van der Waals surface area contributed by atoms with E-state index in [0.717, 1.165) is 9.21 Å². The normalized spacial score (nSPS) is 21.7. The van der Waals surface area contributed by atoms with E-state index in [0.29, 0.717) is 6.42 Å². The molecule has 1 unspecified atom stereocenters. The first-order valence-corrected chi connectivity index (χ1v) is 6.83. The van der Waals surface area contributed by atoms with Gasteiger partial charge in [-0.25, -0.2) is 22.4 Å². The Balaban J connectivity index is 2.99. The summed E-state index contributed by atoms with van der Waals surface area (Å²) in [5.41, 5.74) is 0. The molecular weight excluding hydrogens is 256 g/mol. The van der Waals surface area contributed by atoms with E-state index in [4.69, 9.17) is 11.6 Å². The Morgan fingerprint density at radius 2 is 2.12 bits per heavy atom. The van der Waals surface area contributed by atoms with Gasteiger partial charge in [-0.3, -0.25) is 4.79 Å². The molecule has 0 aromatic heterocycles. The van der Waals surface area contributed by atoms with Gasteiger partial charge in [-0.2, -0.15) is 0 Å². The average Bonchev–Trinajstić information content (AvgIpc) is 2.41. The van der Waals surface area contributed by atoms with Gasteiger partial charge in [0.2, 0.25) is 10.0 Å². The molecule has 1 heterocycles. The molecule has 0 spiro atoms. The van der Waals surface area contributed by atoms with Crippen LogP contribution in [0.4, 0.5) is 9.59 Å². The molecule has 0 aromatic carbocycles. The van der Waals surface area contributed by atoms with Crippen molar-refractivity contribution in [2.75, 3.05) is 12.3 Å². The number of hydrogen-bond donors (Lipinski definition) is 0. The largest absolute Gasteiger partial charge is 0.341 e. The topological polar surface area (TPSA) is 74.8 Å². The SMILES string of the molecule is CCCS(=O)(=O)N1C(=O)N(C(=O)Cl)CC1C. The number of sulfonamides is 1. The predicted molar refractivity (Wildman–Crippen MR) is 58.7 cm³/mol. The Bertz CT molecular complexity index is 408. The average molecular weight is 269 g/mol. The summed E-state index contributed by atoms with van der Waals surface area (Å²) in [4.78, 5) is 23.2. The summed E-state index contributed by atoms with van der Waals surface area (Å²) in [7, 11) is -3.64. The fourth-order valence-corrected chi connectivity index (χ4v) is 3.43. The second-order valence-electron chi connectivity index (χ2n) is 3.61. The van der Waals surface area contributed by atoms with Crippen LogP contribution in [0.25, 0.3) is 0 Å². The third-order valence-corrected chi connectivity index (χ3v) is 4.48. The quantitative estimate of drug-likeness (QED) is 0.570. The molecule has 1 saturated heterocycles. The Hall–Kier alpha value is -0.820. The molecule has 1 aliphatic rings. The van der Waals surface area contributed by atoms with Gasteiger partial charge in [0.1, 0.15) is 0 Å². The van der Waals surface area contributed by atoms with Crippen molar-refractivity contribution in [3.63, 3.8) is 0 Å². The number of carbonyl (C=O) groups excluding carboxylic acids is 2. The van der Waals surface area contributed by atoms with E-state index in [9.17, 15) is 18.0 Å². The van der Waals surface area contributed by atoms with E-state index >= 15 is 0 Å². The third-order valence-electron chi connectivity index (χ3n) is 2.24.